The van der Waals surface area contributed by atoms with Crippen molar-refractivity contribution in [2.75, 3.05) is 45.2 Å². The van der Waals surface area contributed by atoms with Crippen molar-refractivity contribution in [3.8, 4) is 5.75 Å². The van der Waals surface area contributed by atoms with Gasteiger partial charge in [-0.2, -0.15) is 0 Å². The van der Waals surface area contributed by atoms with Crippen LogP contribution in [0, 0.1) is 0 Å². The van der Waals surface area contributed by atoms with Crippen molar-refractivity contribution >= 4 is 28.3 Å². The Labute approximate surface area is 156 Å². The first-order valence-electron chi connectivity index (χ1n) is 8.51. The highest BCUT2D eigenvalue weighted by Crippen LogP contribution is 2.20. The normalized spacial score (nSPS) is 14.9. The lowest BCUT2D eigenvalue weighted by Gasteiger charge is -2.34. The predicted octanol–water partition coefficient (Wildman–Crippen LogP) is 1.94. The molecule has 0 aliphatic carbocycles. The van der Waals surface area contributed by atoms with Crippen molar-refractivity contribution in [2.45, 2.75) is 6.42 Å². The maximum absolute atomic E-state index is 12.7. The molecule has 0 atom stereocenters. The van der Waals surface area contributed by atoms with Gasteiger partial charge in [-0.25, -0.2) is 4.98 Å². The van der Waals surface area contributed by atoms with E-state index in [1.54, 1.807) is 25.4 Å². The Hall–Kier alpha value is -2.45. The summed E-state index contributed by atoms with van der Waals surface area (Å²) in [5.74, 6) is 0.551. The summed E-state index contributed by atoms with van der Waals surface area (Å²) in [4.78, 5) is 32.7. The summed E-state index contributed by atoms with van der Waals surface area (Å²) in [6, 6.07) is 7.28. The van der Waals surface area contributed by atoms with Crippen LogP contribution in [0.2, 0.25) is 0 Å². The summed E-state index contributed by atoms with van der Waals surface area (Å²) in [6.45, 7) is 3.47. The van der Waals surface area contributed by atoms with E-state index in [9.17, 15) is 9.59 Å². The number of hydrogen-bond donors (Lipinski definition) is 1. The molecule has 0 saturated carbocycles. The lowest BCUT2D eigenvalue weighted by atomic mass is 10.1. The van der Waals surface area contributed by atoms with Crippen molar-refractivity contribution in [2.24, 2.45) is 0 Å². The second kappa shape index (κ2) is 8.77. The zero-order valence-electron chi connectivity index (χ0n) is 14.7. The third kappa shape index (κ3) is 4.59. The number of anilines is 1. The number of rotatable bonds is 6. The van der Waals surface area contributed by atoms with Crippen molar-refractivity contribution in [3.63, 3.8) is 0 Å². The van der Waals surface area contributed by atoms with Gasteiger partial charge in [0.05, 0.1) is 12.7 Å². The number of aromatic nitrogens is 1. The van der Waals surface area contributed by atoms with Crippen LogP contribution in [0.3, 0.4) is 0 Å². The van der Waals surface area contributed by atoms with Gasteiger partial charge in [-0.3, -0.25) is 14.5 Å². The van der Waals surface area contributed by atoms with Gasteiger partial charge in [0.25, 0.3) is 5.91 Å². The van der Waals surface area contributed by atoms with Gasteiger partial charge in [-0.05, 0) is 12.1 Å². The van der Waals surface area contributed by atoms with Gasteiger partial charge in [-0.1, -0.05) is 12.1 Å². The molecule has 1 aromatic heterocycles. The molecule has 0 spiro atoms. The molecule has 138 valence electrons. The Morgan fingerprint density at radius 1 is 1.23 bits per heavy atom. The van der Waals surface area contributed by atoms with Crippen molar-refractivity contribution < 1.29 is 14.3 Å². The standard InChI is InChI=1S/C18H22N4O3S/c1-25-15-5-3-2-4-14(15)17(24)22-11-9-21(10-12-22)8-6-16(23)20-18-19-7-13-26-18/h2-5,7,13H,6,8-12H2,1H3,(H,19,20,23). The van der Waals surface area contributed by atoms with E-state index >= 15 is 0 Å². The van der Waals surface area contributed by atoms with E-state index < -0.39 is 0 Å². The van der Waals surface area contributed by atoms with Crippen LogP contribution in [0.5, 0.6) is 5.75 Å². The number of nitrogens with zero attached hydrogens (tertiary/aromatic N) is 3. The quantitative estimate of drug-likeness (QED) is 0.836. The van der Waals surface area contributed by atoms with Crippen molar-refractivity contribution in [3.05, 3.63) is 41.4 Å². The maximum Gasteiger partial charge on any atom is 0.257 e. The molecular weight excluding hydrogens is 352 g/mol. The van der Waals surface area contributed by atoms with Crippen LogP contribution in [0.4, 0.5) is 5.13 Å². The summed E-state index contributed by atoms with van der Waals surface area (Å²) >= 11 is 1.41. The smallest absolute Gasteiger partial charge is 0.257 e. The second-order valence-electron chi connectivity index (χ2n) is 5.97. The first-order chi connectivity index (χ1) is 12.7. The number of benzene rings is 1. The van der Waals surface area contributed by atoms with E-state index in [1.807, 2.05) is 22.4 Å². The predicted molar refractivity (Wildman–Crippen MR) is 101 cm³/mol. The van der Waals surface area contributed by atoms with Crippen LogP contribution in [0.25, 0.3) is 0 Å². The van der Waals surface area contributed by atoms with Crippen LogP contribution < -0.4 is 10.1 Å². The highest BCUT2D eigenvalue weighted by atomic mass is 32.1. The molecule has 0 unspecified atom stereocenters. The Kier molecular flexibility index (Phi) is 6.19. The lowest BCUT2D eigenvalue weighted by Crippen LogP contribution is -2.49. The number of ether oxygens (including phenoxy) is 1. The molecule has 26 heavy (non-hydrogen) atoms. The number of methoxy groups -OCH3 is 1. The Balaban J connectivity index is 1.45. The summed E-state index contributed by atoms with van der Waals surface area (Å²) in [5, 5.41) is 5.24. The molecule has 2 amide bonds. The maximum atomic E-state index is 12.7. The molecule has 1 N–H and O–H groups in total. The van der Waals surface area contributed by atoms with E-state index in [0.29, 0.717) is 42.5 Å². The highest BCUT2D eigenvalue weighted by Gasteiger charge is 2.24. The highest BCUT2D eigenvalue weighted by molar-refractivity contribution is 7.13. The summed E-state index contributed by atoms with van der Waals surface area (Å²) in [6.07, 6.45) is 2.08. The van der Waals surface area contributed by atoms with Crippen molar-refractivity contribution in [1.82, 2.24) is 14.8 Å². The molecule has 1 saturated heterocycles. The number of thiazole rings is 1. The molecule has 7 nitrogen and oxygen atoms in total. The molecule has 3 rings (SSSR count). The van der Waals surface area contributed by atoms with Gasteiger partial charge >= 0.3 is 0 Å². The fourth-order valence-corrected chi connectivity index (χ4v) is 3.44. The van der Waals surface area contributed by atoms with Gasteiger partial charge < -0.3 is 15.0 Å². The average molecular weight is 374 g/mol. The van der Waals surface area contributed by atoms with Gasteiger partial charge in [0.15, 0.2) is 5.13 Å². The monoisotopic (exact) mass is 374 g/mol. The van der Waals surface area contributed by atoms with Crippen LogP contribution in [-0.4, -0.2) is 66.4 Å². The SMILES string of the molecule is COc1ccccc1C(=O)N1CCN(CCC(=O)Nc2nccs2)CC1. The molecule has 1 fully saturated rings. The molecule has 2 aromatic rings. The number of carbonyl (C=O) groups is 2. The fourth-order valence-electron chi connectivity index (χ4n) is 2.89. The average Bonchev–Trinajstić information content (AvgIpc) is 3.19. The Morgan fingerprint density at radius 3 is 2.69 bits per heavy atom. The van der Waals surface area contributed by atoms with Gasteiger partial charge in [-0.15, -0.1) is 11.3 Å². The van der Waals surface area contributed by atoms with Crippen LogP contribution in [-0.2, 0) is 4.79 Å². The third-order valence-electron chi connectivity index (χ3n) is 4.33. The fraction of sp³-hybridized carbons (Fsp3) is 0.389. The van der Waals surface area contributed by atoms with Gasteiger partial charge in [0, 0.05) is 50.7 Å². The van der Waals surface area contributed by atoms with Crippen LogP contribution in [0.1, 0.15) is 16.8 Å². The first-order valence-corrected chi connectivity index (χ1v) is 9.39. The second-order valence-corrected chi connectivity index (χ2v) is 6.86. The lowest BCUT2D eigenvalue weighted by molar-refractivity contribution is -0.116. The number of amides is 2. The van der Waals surface area contributed by atoms with E-state index in [-0.39, 0.29) is 11.8 Å². The number of para-hydroxylation sites is 1. The molecule has 1 aromatic carbocycles. The number of hydrogen-bond acceptors (Lipinski definition) is 6. The van der Waals surface area contributed by atoms with E-state index in [1.165, 1.54) is 11.3 Å². The Bertz CT molecular complexity index is 743. The van der Waals surface area contributed by atoms with Gasteiger partial charge in [0.1, 0.15) is 5.75 Å². The van der Waals surface area contributed by atoms with Gasteiger partial charge in [0.2, 0.25) is 5.91 Å². The molecule has 1 aliphatic rings. The van der Waals surface area contributed by atoms with Crippen LogP contribution >= 0.6 is 11.3 Å². The topological polar surface area (TPSA) is 74.8 Å². The summed E-state index contributed by atoms with van der Waals surface area (Å²) in [5.41, 5.74) is 0.589. The van der Waals surface area contributed by atoms with E-state index in [2.05, 4.69) is 15.2 Å². The minimum atomic E-state index is -0.0347. The van der Waals surface area contributed by atoms with Crippen molar-refractivity contribution in [1.29, 1.82) is 0 Å². The number of carbonyl (C=O) groups excluding carboxylic acids is 2. The van der Waals surface area contributed by atoms with Crippen LogP contribution in [0.15, 0.2) is 35.8 Å². The summed E-state index contributed by atoms with van der Waals surface area (Å²) < 4.78 is 5.28. The molecule has 0 radical (unpaired) electrons. The van der Waals surface area contributed by atoms with E-state index in [0.717, 1.165) is 13.1 Å². The number of piperazine rings is 1. The Morgan fingerprint density at radius 2 is 2.00 bits per heavy atom. The third-order valence-corrected chi connectivity index (χ3v) is 5.02. The molecular formula is C18H22N4O3S. The number of nitrogens with one attached hydrogen (secondary N) is 1. The molecule has 0 bridgehead atoms. The van der Waals surface area contributed by atoms with E-state index in [4.69, 9.17) is 4.74 Å². The first kappa shape index (κ1) is 18.3. The molecule has 8 heteroatoms. The minimum absolute atomic E-state index is 0.0105. The molecule has 1 aliphatic heterocycles. The zero-order valence-corrected chi connectivity index (χ0v) is 15.5. The zero-order chi connectivity index (χ0) is 18.4. The largest absolute Gasteiger partial charge is 0.496 e. The molecule has 2 heterocycles. The minimum Gasteiger partial charge on any atom is -0.496 e. The summed E-state index contributed by atoms with van der Waals surface area (Å²) in [7, 11) is 1.57.